The minimum Gasteiger partial charge on any atom is -0.465 e. The van der Waals surface area contributed by atoms with Gasteiger partial charge in [-0.2, -0.15) is 0 Å². The fourth-order valence-corrected chi connectivity index (χ4v) is 1.22. The van der Waals surface area contributed by atoms with Gasteiger partial charge in [0.1, 0.15) is 6.04 Å². The van der Waals surface area contributed by atoms with Gasteiger partial charge in [0.25, 0.3) is 0 Å². The van der Waals surface area contributed by atoms with Gasteiger partial charge in [0.2, 0.25) is 0 Å². The average Bonchev–Trinajstić information content (AvgIpc) is 2.07. The lowest BCUT2D eigenvalue weighted by Gasteiger charge is -2.19. The van der Waals surface area contributed by atoms with Crippen LogP contribution in [0.1, 0.15) is 26.2 Å². The van der Waals surface area contributed by atoms with Crippen LogP contribution in [0.25, 0.3) is 0 Å². The van der Waals surface area contributed by atoms with Gasteiger partial charge in [-0.1, -0.05) is 0 Å². The monoisotopic (exact) mass is 156 g/mol. The average molecular weight is 156 g/mol. The number of ether oxygens (including phenoxy) is 1. The summed E-state index contributed by atoms with van der Waals surface area (Å²) < 4.78 is 4.85. The number of nitrogens with zero attached hydrogens (tertiary/aromatic N) is 1. The van der Waals surface area contributed by atoms with Crippen molar-refractivity contribution in [3.05, 3.63) is 0 Å². The fraction of sp³-hybridized carbons (Fsp3) is 0.875. The van der Waals surface area contributed by atoms with Crippen molar-refractivity contribution in [3.63, 3.8) is 0 Å². The molecule has 3 nitrogen and oxygen atoms in total. The SMILES string of the molecule is CCOC(=O)C1CCCC[N]1. The van der Waals surface area contributed by atoms with Crippen LogP contribution in [0.5, 0.6) is 0 Å². The molecule has 0 amide bonds. The Labute approximate surface area is 67.1 Å². The van der Waals surface area contributed by atoms with Crippen LogP contribution in [0, 0.1) is 0 Å². The summed E-state index contributed by atoms with van der Waals surface area (Å²) in [5.74, 6) is -0.146. The summed E-state index contributed by atoms with van der Waals surface area (Å²) >= 11 is 0. The Bertz CT molecular complexity index is 130. The van der Waals surface area contributed by atoms with Crippen molar-refractivity contribution in [1.82, 2.24) is 5.32 Å². The van der Waals surface area contributed by atoms with Gasteiger partial charge < -0.3 is 4.74 Å². The molecule has 1 fully saturated rings. The third-order valence-electron chi connectivity index (χ3n) is 1.79. The summed E-state index contributed by atoms with van der Waals surface area (Å²) in [5, 5.41) is 4.17. The number of hydrogen-bond acceptors (Lipinski definition) is 2. The number of carbonyl (C=O) groups excluding carboxylic acids is 1. The molecular weight excluding hydrogens is 142 g/mol. The van der Waals surface area contributed by atoms with E-state index in [9.17, 15) is 4.79 Å². The van der Waals surface area contributed by atoms with E-state index in [0.717, 1.165) is 25.8 Å². The molecule has 0 aromatic rings. The largest absolute Gasteiger partial charge is 0.465 e. The summed E-state index contributed by atoms with van der Waals surface area (Å²) in [6.07, 6.45) is 3.10. The highest BCUT2D eigenvalue weighted by molar-refractivity contribution is 5.75. The van der Waals surface area contributed by atoms with E-state index in [4.69, 9.17) is 4.74 Å². The summed E-state index contributed by atoms with van der Waals surface area (Å²) in [4.78, 5) is 11.1. The van der Waals surface area contributed by atoms with E-state index in [1.807, 2.05) is 6.92 Å². The molecule has 1 heterocycles. The first-order valence-corrected chi connectivity index (χ1v) is 4.18. The van der Waals surface area contributed by atoms with Crippen molar-refractivity contribution in [2.75, 3.05) is 13.2 Å². The van der Waals surface area contributed by atoms with E-state index >= 15 is 0 Å². The normalized spacial score (nSPS) is 24.6. The van der Waals surface area contributed by atoms with Crippen LogP contribution in [0.4, 0.5) is 0 Å². The topological polar surface area (TPSA) is 40.4 Å². The molecule has 1 aliphatic heterocycles. The van der Waals surface area contributed by atoms with Gasteiger partial charge in [-0.25, -0.2) is 5.32 Å². The summed E-state index contributed by atoms with van der Waals surface area (Å²) in [6.45, 7) is 3.11. The Kier molecular flexibility index (Phi) is 3.36. The molecule has 0 bridgehead atoms. The maximum atomic E-state index is 11.1. The first-order chi connectivity index (χ1) is 5.34. The Morgan fingerprint density at radius 1 is 1.64 bits per heavy atom. The van der Waals surface area contributed by atoms with Gasteiger partial charge in [-0.05, 0) is 26.2 Å². The molecule has 11 heavy (non-hydrogen) atoms. The standard InChI is InChI=1S/C8H14NO2/c1-2-11-8(10)7-5-3-4-6-9-7/h7H,2-6H2,1H3. The second kappa shape index (κ2) is 4.34. The molecule has 3 heteroatoms. The van der Waals surface area contributed by atoms with Gasteiger partial charge in [0.05, 0.1) is 6.61 Å². The third kappa shape index (κ3) is 2.50. The number of hydrogen-bond donors (Lipinski definition) is 0. The Morgan fingerprint density at radius 2 is 2.45 bits per heavy atom. The zero-order valence-corrected chi connectivity index (χ0v) is 6.88. The van der Waals surface area contributed by atoms with Crippen LogP contribution in [0.15, 0.2) is 0 Å². The molecule has 0 aliphatic carbocycles. The zero-order valence-electron chi connectivity index (χ0n) is 6.88. The maximum absolute atomic E-state index is 11.1. The third-order valence-corrected chi connectivity index (χ3v) is 1.79. The first-order valence-electron chi connectivity index (χ1n) is 4.18. The van der Waals surface area contributed by atoms with E-state index in [0.29, 0.717) is 6.61 Å². The van der Waals surface area contributed by atoms with Gasteiger partial charge in [0.15, 0.2) is 0 Å². The Hall–Kier alpha value is -0.570. The highest BCUT2D eigenvalue weighted by Gasteiger charge is 2.22. The van der Waals surface area contributed by atoms with E-state index in [1.54, 1.807) is 0 Å². The molecule has 63 valence electrons. The molecule has 0 saturated carbocycles. The van der Waals surface area contributed by atoms with Crippen molar-refractivity contribution < 1.29 is 9.53 Å². The molecule has 1 saturated heterocycles. The quantitative estimate of drug-likeness (QED) is 0.552. The lowest BCUT2D eigenvalue weighted by molar-refractivity contribution is -0.146. The molecule has 1 atom stereocenters. The highest BCUT2D eigenvalue weighted by atomic mass is 16.5. The fourth-order valence-electron chi connectivity index (χ4n) is 1.22. The van der Waals surface area contributed by atoms with Crippen LogP contribution < -0.4 is 5.32 Å². The van der Waals surface area contributed by atoms with Crippen LogP contribution in [-0.4, -0.2) is 25.2 Å². The molecule has 0 aromatic carbocycles. The Balaban J connectivity index is 2.27. The summed E-state index contributed by atoms with van der Waals surface area (Å²) in [7, 11) is 0. The highest BCUT2D eigenvalue weighted by Crippen LogP contribution is 2.09. The second-order valence-corrected chi connectivity index (χ2v) is 2.67. The number of piperidine rings is 1. The summed E-state index contributed by atoms with van der Waals surface area (Å²) in [6, 6.07) is -0.163. The minimum absolute atomic E-state index is 0.146. The first kappa shape index (κ1) is 8.53. The van der Waals surface area contributed by atoms with E-state index < -0.39 is 0 Å². The van der Waals surface area contributed by atoms with Crippen LogP contribution in [0.3, 0.4) is 0 Å². The second-order valence-electron chi connectivity index (χ2n) is 2.67. The molecule has 1 radical (unpaired) electrons. The Morgan fingerprint density at radius 3 is 3.00 bits per heavy atom. The van der Waals surface area contributed by atoms with Crippen LogP contribution >= 0.6 is 0 Å². The minimum atomic E-state index is -0.163. The molecule has 1 aliphatic rings. The van der Waals surface area contributed by atoms with Gasteiger partial charge in [-0.15, -0.1) is 0 Å². The molecule has 1 rings (SSSR count). The van der Waals surface area contributed by atoms with Crippen molar-refractivity contribution in [3.8, 4) is 0 Å². The van der Waals surface area contributed by atoms with Crippen LogP contribution in [-0.2, 0) is 9.53 Å². The smallest absolute Gasteiger partial charge is 0.324 e. The number of rotatable bonds is 2. The summed E-state index contributed by atoms with van der Waals surface area (Å²) in [5.41, 5.74) is 0. The van der Waals surface area contributed by atoms with Crippen molar-refractivity contribution in [2.45, 2.75) is 32.2 Å². The molecule has 0 N–H and O–H groups in total. The number of esters is 1. The molecule has 0 aromatic heterocycles. The molecule has 1 unspecified atom stereocenters. The van der Waals surface area contributed by atoms with Crippen LogP contribution in [0.2, 0.25) is 0 Å². The molecule has 0 spiro atoms. The van der Waals surface area contributed by atoms with Gasteiger partial charge in [0, 0.05) is 6.54 Å². The zero-order chi connectivity index (χ0) is 8.10. The van der Waals surface area contributed by atoms with Crippen molar-refractivity contribution in [1.29, 1.82) is 0 Å². The molecular formula is C8H14NO2. The van der Waals surface area contributed by atoms with Crippen molar-refractivity contribution >= 4 is 5.97 Å². The van der Waals surface area contributed by atoms with Gasteiger partial charge >= 0.3 is 5.97 Å². The maximum Gasteiger partial charge on any atom is 0.324 e. The van der Waals surface area contributed by atoms with E-state index in [2.05, 4.69) is 5.32 Å². The predicted octanol–water partition coefficient (Wildman–Crippen LogP) is 0.706. The predicted molar refractivity (Wildman–Crippen MR) is 41.3 cm³/mol. The van der Waals surface area contributed by atoms with E-state index in [1.165, 1.54) is 0 Å². The lowest BCUT2D eigenvalue weighted by Crippen LogP contribution is -2.36. The van der Waals surface area contributed by atoms with Gasteiger partial charge in [-0.3, -0.25) is 4.79 Å². The number of carbonyl (C=O) groups is 1. The van der Waals surface area contributed by atoms with E-state index in [-0.39, 0.29) is 12.0 Å². The lowest BCUT2D eigenvalue weighted by atomic mass is 10.1. The van der Waals surface area contributed by atoms with Crippen molar-refractivity contribution in [2.24, 2.45) is 0 Å².